The number of hydrogen-bond acceptors (Lipinski definition) is 5. The molecule has 6 nitrogen and oxygen atoms in total. The molecule has 1 aliphatic rings. The zero-order chi connectivity index (χ0) is 15.4. The van der Waals surface area contributed by atoms with E-state index in [-0.39, 0.29) is 17.8 Å². The van der Waals surface area contributed by atoms with E-state index < -0.39 is 0 Å². The number of amides is 1. The van der Waals surface area contributed by atoms with Crippen molar-refractivity contribution in [2.75, 3.05) is 20.2 Å². The molecule has 1 amide bonds. The zero-order valence-electron chi connectivity index (χ0n) is 12.8. The van der Waals surface area contributed by atoms with Crippen molar-refractivity contribution in [3.63, 3.8) is 0 Å². The average Bonchev–Trinajstić information content (AvgIpc) is 2.53. The van der Waals surface area contributed by atoms with Gasteiger partial charge in [0.25, 0.3) is 5.91 Å². The Morgan fingerprint density at radius 1 is 1.43 bits per heavy atom. The van der Waals surface area contributed by atoms with Gasteiger partial charge in [0.2, 0.25) is 0 Å². The Morgan fingerprint density at radius 2 is 2.19 bits per heavy atom. The number of carbonyl (C=O) groups excluding carboxylic acids is 2. The lowest BCUT2D eigenvalue weighted by Crippen LogP contribution is -2.43. The highest BCUT2D eigenvalue weighted by atomic mass is 16.5. The molecule has 0 aromatic carbocycles. The van der Waals surface area contributed by atoms with Crippen molar-refractivity contribution >= 4 is 11.9 Å². The monoisotopic (exact) mass is 291 g/mol. The van der Waals surface area contributed by atoms with Gasteiger partial charge >= 0.3 is 5.97 Å². The van der Waals surface area contributed by atoms with E-state index in [0.717, 1.165) is 18.5 Å². The number of ether oxygens (including phenoxy) is 1. The number of piperidine rings is 1. The molecule has 1 unspecified atom stereocenters. The summed E-state index contributed by atoms with van der Waals surface area (Å²) in [5, 5.41) is 8.09. The van der Waals surface area contributed by atoms with Crippen LogP contribution >= 0.6 is 0 Å². The van der Waals surface area contributed by atoms with Crippen molar-refractivity contribution in [2.45, 2.75) is 33.1 Å². The molecule has 0 N–H and O–H groups in total. The predicted octanol–water partition coefficient (Wildman–Crippen LogP) is 1.37. The molecule has 0 saturated carbocycles. The van der Waals surface area contributed by atoms with Gasteiger partial charge in [-0.25, -0.2) is 0 Å². The Balaban J connectivity index is 2.19. The van der Waals surface area contributed by atoms with Crippen LogP contribution in [0.3, 0.4) is 0 Å². The largest absolute Gasteiger partial charge is 0.469 e. The highest BCUT2D eigenvalue weighted by molar-refractivity contribution is 5.95. The van der Waals surface area contributed by atoms with Gasteiger partial charge in [-0.3, -0.25) is 9.59 Å². The van der Waals surface area contributed by atoms with Gasteiger partial charge in [0, 0.05) is 13.1 Å². The third-order valence-corrected chi connectivity index (χ3v) is 3.80. The molecule has 1 fully saturated rings. The van der Waals surface area contributed by atoms with E-state index in [4.69, 9.17) is 4.74 Å². The molecule has 0 aliphatic carbocycles. The van der Waals surface area contributed by atoms with Gasteiger partial charge in [0.15, 0.2) is 0 Å². The van der Waals surface area contributed by atoms with E-state index in [1.165, 1.54) is 7.11 Å². The van der Waals surface area contributed by atoms with Crippen LogP contribution in [0, 0.1) is 12.8 Å². The van der Waals surface area contributed by atoms with E-state index in [1.54, 1.807) is 11.0 Å². The summed E-state index contributed by atoms with van der Waals surface area (Å²) in [4.78, 5) is 26.1. The van der Waals surface area contributed by atoms with Crippen molar-refractivity contribution in [2.24, 2.45) is 5.92 Å². The van der Waals surface area contributed by atoms with E-state index in [1.807, 2.05) is 13.8 Å². The maximum Gasteiger partial charge on any atom is 0.310 e. The van der Waals surface area contributed by atoms with Crippen LogP contribution < -0.4 is 0 Å². The fourth-order valence-electron chi connectivity index (χ4n) is 2.65. The first-order valence-corrected chi connectivity index (χ1v) is 7.27. The number of aromatic nitrogens is 2. The summed E-state index contributed by atoms with van der Waals surface area (Å²) < 4.78 is 4.79. The Morgan fingerprint density at radius 3 is 2.86 bits per heavy atom. The highest BCUT2D eigenvalue weighted by Gasteiger charge is 2.30. The molecule has 1 aliphatic heterocycles. The van der Waals surface area contributed by atoms with Crippen LogP contribution in [-0.2, 0) is 16.0 Å². The van der Waals surface area contributed by atoms with Crippen LogP contribution in [0.25, 0.3) is 0 Å². The third kappa shape index (κ3) is 3.37. The summed E-state index contributed by atoms with van der Waals surface area (Å²) in [6, 6.07) is 1.77. The van der Waals surface area contributed by atoms with E-state index in [9.17, 15) is 9.59 Å². The summed E-state index contributed by atoms with van der Waals surface area (Å²) in [5.41, 5.74) is 2.01. The zero-order valence-corrected chi connectivity index (χ0v) is 12.8. The van der Waals surface area contributed by atoms with Gasteiger partial charge in [-0.2, -0.15) is 10.2 Å². The lowest BCUT2D eigenvalue weighted by Gasteiger charge is -2.31. The van der Waals surface area contributed by atoms with Crippen molar-refractivity contribution in [3.05, 3.63) is 23.0 Å². The minimum absolute atomic E-state index is 0.0709. The number of methoxy groups -OCH3 is 1. The third-order valence-electron chi connectivity index (χ3n) is 3.80. The SMILES string of the molecule is CCc1nnc(C)cc1C(=O)N1CCCC(C(=O)OC)C1. The molecule has 0 radical (unpaired) electrons. The van der Waals surface area contributed by atoms with Crippen molar-refractivity contribution in [1.82, 2.24) is 15.1 Å². The molecule has 1 saturated heterocycles. The summed E-state index contributed by atoms with van der Waals surface area (Å²) in [7, 11) is 1.38. The molecule has 1 aromatic heterocycles. The lowest BCUT2D eigenvalue weighted by molar-refractivity contribution is -0.146. The van der Waals surface area contributed by atoms with E-state index in [0.29, 0.717) is 30.8 Å². The topological polar surface area (TPSA) is 72.4 Å². The summed E-state index contributed by atoms with van der Waals surface area (Å²) in [6.45, 7) is 4.84. The normalized spacial score (nSPS) is 18.4. The summed E-state index contributed by atoms with van der Waals surface area (Å²) in [5.74, 6) is -0.542. The molecule has 1 aromatic rings. The molecular formula is C15H21N3O3. The van der Waals surface area contributed by atoms with Crippen molar-refractivity contribution in [3.8, 4) is 0 Å². The number of rotatable bonds is 3. The summed E-state index contributed by atoms with van der Waals surface area (Å²) >= 11 is 0. The molecular weight excluding hydrogens is 270 g/mol. The Bertz CT molecular complexity index is 545. The minimum Gasteiger partial charge on any atom is -0.469 e. The maximum atomic E-state index is 12.7. The first-order chi connectivity index (χ1) is 10.1. The molecule has 2 heterocycles. The predicted molar refractivity (Wildman–Crippen MR) is 76.8 cm³/mol. The first kappa shape index (κ1) is 15.4. The number of nitrogens with zero attached hydrogens (tertiary/aromatic N) is 3. The minimum atomic E-state index is -0.243. The molecule has 114 valence electrons. The number of hydrogen-bond donors (Lipinski definition) is 0. The standard InChI is InChI=1S/C15H21N3O3/c1-4-13-12(8-10(2)16-17-13)14(19)18-7-5-6-11(9-18)15(20)21-3/h8,11H,4-7,9H2,1-3H3. The van der Waals surface area contributed by atoms with Crippen LogP contribution in [0.4, 0.5) is 0 Å². The fraction of sp³-hybridized carbons (Fsp3) is 0.600. The Hall–Kier alpha value is -1.98. The van der Waals surface area contributed by atoms with Gasteiger partial charge < -0.3 is 9.64 Å². The second kappa shape index (κ2) is 6.65. The highest BCUT2D eigenvalue weighted by Crippen LogP contribution is 2.20. The lowest BCUT2D eigenvalue weighted by atomic mass is 9.97. The smallest absolute Gasteiger partial charge is 0.310 e. The molecule has 21 heavy (non-hydrogen) atoms. The van der Waals surface area contributed by atoms with Crippen LogP contribution in [-0.4, -0.2) is 47.2 Å². The van der Waals surface area contributed by atoms with Crippen LogP contribution in [0.2, 0.25) is 0 Å². The quantitative estimate of drug-likeness (QED) is 0.787. The first-order valence-electron chi connectivity index (χ1n) is 7.27. The molecule has 1 atom stereocenters. The maximum absolute atomic E-state index is 12.7. The molecule has 0 bridgehead atoms. The van der Waals surface area contributed by atoms with Crippen LogP contribution in [0.5, 0.6) is 0 Å². The van der Waals surface area contributed by atoms with Crippen molar-refractivity contribution < 1.29 is 14.3 Å². The number of aryl methyl sites for hydroxylation is 2. The average molecular weight is 291 g/mol. The molecule has 0 spiro atoms. The van der Waals surface area contributed by atoms with Gasteiger partial charge in [-0.1, -0.05) is 6.92 Å². The van der Waals surface area contributed by atoms with Gasteiger partial charge in [0.1, 0.15) is 0 Å². The van der Waals surface area contributed by atoms with Crippen LogP contribution in [0.1, 0.15) is 41.5 Å². The second-order valence-electron chi connectivity index (χ2n) is 5.31. The molecule has 2 rings (SSSR count). The van der Waals surface area contributed by atoms with Crippen molar-refractivity contribution in [1.29, 1.82) is 0 Å². The number of carbonyl (C=O) groups is 2. The number of likely N-dealkylation sites (tertiary alicyclic amines) is 1. The van der Waals surface area contributed by atoms with E-state index in [2.05, 4.69) is 10.2 Å². The summed E-state index contributed by atoms with van der Waals surface area (Å²) in [6.07, 6.45) is 2.23. The fourth-order valence-corrected chi connectivity index (χ4v) is 2.65. The second-order valence-corrected chi connectivity index (χ2v) is 5.31. The van der Waals surface area contributed by atoms with Gasteiger partial charge in [-0.15, -0.1) is 0 Å². The Kier molecular flexibility index (Phi) is 4.88. The Labute approximate surface area is 124 Å². The van der Waals surface area contributed by atoms with E-state index >= 15 is 0 Å². The van der Waals surface area contributed by atoms with Gasteiger partial charge in [0.05, 0.1) is 30.0 Å². The number of esters is 1. The van der Waals surface area contributed by atoms with Crippen LogP contribution in [0.15, 0.2) is 6.07 Å². The molecule has 6 heteroatoms. The van der Waals surface area contributed by atoms with Gasteiger partial charge in [-0.05, 0) is 32.3 Å².